The van der Waals surface area contributed by atoms with E-state index in [0.717, 1.165) is 12.1 Å². The summed E-state index contributed by atoms with van der Waals surface area (Å²) in [6.07, 6.45) is 6.13. The number of nitrogens with one attached hydrogen (secondary N) is 2. The molecule has 8 nitrogen and oxygen atoms in total. The van der Waals surface area contributed by atoms with Crippen LogP contribution in [0.25, 0.3) is 11.2 Å². The molecule has 0 spiro atoms. The highest BCUT2D eigenvalue weighted by Crippen LogP contribution is 2.25. The molecule has 30 heavy (non-hydrogen) atoms. The Labute approximate surface area is 177 Å². The molecule has 1 fully saturated rings. The van der Waals surface area contributed by atoms with Gasteiger partial charge in [0.25, 0.3) is 5.91 Å². The minimum Gasteiger partial charge on any atom is -0.379 e. The maximum atomic E-state index is 12.6. The number of hydrogen-bond acceptors (Lipinski definition) is 5. The van der Waals surface area contributed by atoms with Crippen molar-refractivity contribution in [2.75, 3.05) is 26.7 Å². The van der Waals surface area contributed by atoms with E-state index in [2.05, 4.69) is 42.6 Å². The topological polar surface area (TPSA) is 100 Å². The molecule has 1 aliphatic rings. The predicted molar refractivity (Wildman–Crippen MR) is 115 cm³/mol. The number of aromatic amines is 1. The van der Waals surface area contributed by atoms with Gasteiger partial charge in [-0.3, -0.25) is 9.59 Å². The molecular formula is C22H31N5O3. The molecule has 0 unspecified atom stereocenters. The smallest absolute Gasteiger partial charge is 0.255 e. The number of aromatic nitrogens is 3. The summed E-state index contributed by atoms with van der Waals surface area (Å²) in [4.78, 5) is 38.5. The number of rotatable bonds is 6. The quantitative estimate of drug-likeness (QED) is 0.708. The highest BCUT2D eigenvalue weighted by atomic mass is 16.5. The molecule has 0 radical (unpaired) electrons. The predicted octanol–water partition coefficient (Wildman–Crippen LogP) is 2.33. The highest BCUT2D eigenvalue weighted by Gasteiger charge is 2.31. The Morgan fingerprint density at radius 3 is 2.87 bits per heavy atom. The third-order valence-electron chi connectivity index (χ3n) is 5.41. The van der Waals surface area contributed by atoms with Crippen LogP contribution in [0.5, 0.6) is 0 Å². The Morgan fingerprint density at radius 1 is 1.43 bits per heavy atom. The lowest BCUT2D eigenvalue weighted by molar-refractivity contribution is -0.131. The average molecular weight is 414 g/mol. The van der Waals surface area contributed by atoms with Crippen LogP contribution in [0.4, 0.5) is 0 Å². The van der Waals surface area contributed by atoms with Crippen LogP contribution in [0.2, 0.25) is 0 Å². The zero-order valence-electron chi connectivity index (χ0n) is 18.2. The number of H-pyrrole nitrogens is 1. The molecule has 0 bridgehead atoms. The first kappa shape index (κ1) is 22.0. The summed E-state index contributed by atoms with van der Waals surface area (Å²) < 4.78 is 5.65. The molecule has 1 aliphatic heterocycles. The summed E-state index contributed by atoms with van der Waals surface area (Å²) in [6, 6.07) is 0. The van der Waals surface area contributed by atoms with E-state index in [0.29, 0.717) is 42.8 Å². The monoisotopic (exact) mass is 413 g/mol. The zero-order chi connectivity index (χ0) is 21.9. The van der Waals surface area contributed by atoms with Gasteiger partial charge in [0.15, 0.2) is 5.65 Å². The Balaban J connectivity index is 1.75. The summed E-state index contributed by atoms with van der Waals surface area (Å²) in [5, 5.41) is 2.96. The Hall–Kier alpha value is -2.74. The van der Waals surface area contributed by atoms with E-state index >= 15 is 0 Å². The van der Waals surface area contributed by atoms with Gasteiger partial charge in [-0.1, -0.05) is 27.4 Å². The summed E-state index contributed by atoms with van der Waals surface area (Å²) >= 11 is 0. The number of fused-ring (bicyclic) bond motifs is 1. The maximum absolute atomic E-state index is 12.6. The highest BCUT2D eigenvalue weighted by molar-refractivity contribution is 6.04. The SMILES string of the molecule is C=CC(=O)N1CC[C@@H](Cc2cnc3[nH]cc(C(=O)NCC(C)(C)C)c3n2)[C@@H](OC)C1. The first-order valence-electron chi connectivity index (χ1n) is 10.3. The van der Waals surface area contributed by atoms with Gasteiger partial charge in [-0.15, -0.1) is 0 Å². The van der Waals surface area contributed by atoms with Crippen LogP contribution in [-0.2, 0) is 16.0 Å². The molecule has 3 heterocycles. The summed E-state index contributed by atoms with van der Waals surface area (Å²) in [7, 11) is 1.66. The number of methoxy groups -OCH3 is 1. The average Bonchev–Trinajstić information content (AvgIpc) is 3.14. The Morgan fingerprint density at radius 2 is 2.20 bits per heavy atom. The fraction of sp³-hybridized carbons (Fsp3) is 0.545. The van der Waals surface area contributed by atoms with E-state index in [1.54, 1.807) is 24.4 Å². The second-order valence-corrected chi connectivity index (χ2v) is 9.02. The number of piperidine rings is 1. The first-order valence-corrected chi connectivity index (χ1v) is 10.3. The second-order valence-electron chi connectivity index (χ2n) is 9.02. The van der Waals surface area contributed by atoms with E-state index in [9.17, 15) is 9.59 Å². The van der Waals surface area contributed by atoms with E-state index in [1.807, 2.05) is 0 Å². The molecule has 1 saturated heterocycles. The molecule has 0 aromatic carbocycles. The van der Waals surface area contributed by atoms with Crippen LogP contribution in [-0.4, -0.2) is 64.5 Å². The van der Waals surface area contributed by atoms with Crippen molar-refractivity contribution in [2.24, 2.45) is 11.3 Å². The van der Waals surface area contributed by atoms with E-state index in [-0.39, 0.29) is 29.3 Å². The number of carbonyl (C=O) groups excluding carboxylic acids is 2. The van der Waals surface area contributed by atoms with Gasteiger partial charge in [0.05, 0.1) is 23.6 Å². The third-order valence-corrected chi connectivity index (χ3v) is 5.41. The number of nitrogens with zero attached hydrogens (tertiary/aromatic N) is 3. The Kier molecular flexibility index (Phi) is 6.55. The fourth-order valence-electron chi connectivity index (χ4n) is 3.70. The molecule has 2 atom stereocenters. The minimum absolute atomic E-state index is 0.00434. The lowest BCUT2D eigenvalue weighted by atomic mass is 9.89. The third kappa shape index (κ3) is 5.05. The number of amides is 2. The van der Waals surface area contributed by atoms with Crippen LogP contribution < -0.4 is 5.32 Å². The van der Waals surface area contributed by atoms with Gasteiger partial charge in [-0.2, -0.15) is 0 Å². The summed E-state index contributed by atoms with van der Waals surface area (Å²) in [5.74, 6) is -0.0173. The van der Waals surface area contributed by atoms with Crippen LogP contribution in [0.3, 0.4) is 0 Å². The van der Waals surface area contributed by atoms with Crippen LogP contribution in [0, 0.1) is 11.3 Å². The minimum atomic E-state index is -0.159. The molecule has 0 aliphatic carbocycles. The van der Waals surface area contributed by atoms with Crippen molar-refractivity contribution in [1.29, 1.82) is 0 Å². The normalized spacial score (nSPS) is 19.7. The van der Waals surface area contributed by atoms with Gasteiger partial charge in [0.1, 0.15) is 5.52 Å². The molecule has 0 saturated carbocycles. The number of hydrogen-bond donors (Lipinski definition) is 2. The molecule has 2 aromatic rings. The first-order chi connectivity index (χ1) is 14.2. The van der Waals surface area contributed by atoms with E-state index in [4.69, 9.17) is 9.72 Å². The van der Waals surface area contributed by atoms with Crippen molar-refractivity contribution in [2.45, 2.75) is 39.7 Å². The van der Waals surface area contributed by atoms with Crippen molar-refractivity contribution in [3.8, 4) is 0 Å². The molecule has 3 rings (SSSR count). The largest absolute Gasteiger partial charge is 0.379 e. The number of carbonyl (C=O) groups is 2. The molecule has 2 N–H and O–H groups in total. The lowest BCUT2D eigenvalue weighted by Gasteiger charge is -2.37. The summed E-state index contributed by atoms with van der Waals surface area (Å²) in [6.45, 7) is 11.5. The zero-order valence-corrected chi connectivity index (χ0v) is 18.2. The van der Waals surface area contributed by atoms with Crippen LogP contribution >= 0.6 is 0 Å². The standard InChI is InChI=1S/C22H31N5O3/c1-6-18(28)27-8-7-14(17(12-27)30-5)9-15-10-23-20-19(26-15)16(11-24-20)21(29)25-13-22(2,3)4/h6,10-11,14,17H,1,7-9,12-13H2,2-5H3,(H,23,24)(H,25,29)/t14-,17-/m0/s1. The molecule has 2 aromatic heterocycles. The number of ether oxygens (including phenoxy) is 1. The van der Waals surface area contributed by atoms with E-state index in [1.165, 1.54) is 6.08 Å². The van der Waals surface area contributed by atoms with Gasteiger partial charge in [0, 0.05) is 32.9 Å². The fourth-order valence-corrected chi connectivity index (χ4v) is 3.70. The molecular weight excluding hydrogens is 382 g/mol. The lowest BCUT2D eigenvalue weighted by Crippen LogP contribution is -2.47. The van der Waals surface area contributed by atoms with Crippen molar-refractivity contribution in [3.05, 3.63) is 36.3 Å². The van der Waals surface area contributed by atoms with Crippen molar-refractivity contribution in [3.63, 3.8) is 0 Å². The van der Waals surface area contributed by atoms with Crippen LogP contribution in [0.15, 0.2) is 25.0 Å². The molecule has 2 amide bonds. The van der Waals surface area contributed by atoms with Gasteiger partial charge >= 0.3 is 0 Å². The number of likely N-dealkylation sites (tertiary alicyclic amines) is 1. The van der Waals surface area contributed by atoms with Crippen molar-refractivity contribution < 1.29 is 14.3 Å². The van der Waals surface area contributed by atoms with Gasteiger partial charge in [-0.05, 0) is 30.3 Å². The van der Waals surface area contributed by atoms with Gasteiger partial charge in [-0.25, -0.2) is 9.97 Å². The van der Waals surface area contributed by atoms with E-state index < -0.39 is 0 Å². The van der Waals surface area contributed by atoms with Gasteiger partial charge in [0.2, 0.25) is 5.91 Å². The maximum Gasteiger partial charge on any atom is 0.255 e. The van der Waals surface area contributed by atoms with Crippen molar-refractivity contribution in [1.82, 2.24) is 25.2 Å². The Bertz CT molecular complexity index is 930. The van der Waals surface area contributed by atoms with Gasteiger partial charge < -0.3 is 19.9 Å². The second kappa shape index (κ2) is 8.95. The molecule has 162 valence electrons. The summed E-state index contributed by atoms with van der Waals surface area (Å²) in [5.41, 5.74) is 2.47. The molecule has 8 heteroatoms. The van der Waals surface area contributed by atoms with Crippen LogP contribution in [0.1, 0.15) is 43.2 Å². The van der Waals surface area contributed by atoms with Crippen molar-refractivity contribution >= 4 is 23.0 Å².